The summed E-state index contributed by atoms with van der Waals surface area (Å²) in [4.78, 5) is 14.4. The lowest BCUT2D eigenvalue weighted by Gasteiger charge is -2.35. The van der Waals surface area contributed by atoms with Gasteiger partial charge in [0.15, 0.2) is 0 Å². The molecule has 5 heteroatoms. The molecule has 1 saturated heterocycles. The molecule has 118 valence electrons. The highest BCUT2D eigenvalue weighted by Crippen LogP contribution is 2.13. The van der Waals surface area contributed by atoms with Crippen molar-refractivity contribution in [1.82, 2.24) is 10.2 Å². The molecule has 0 aromatic rings. The van der Waals surface area contributed by atoms with E-state index >= 15 is 0 Å². The summed E-state index contributed by atoms with van der Waals surface area (Å²) in [6.07, 6.45) is 2.77. The van der Waals surface area contributed by atoms with Gasteiger partial charge in [-0.2, -0.15) is 0 Å². The van der Waals surface area contributed by atoms with Crippen molar-refractivity contribution in [3.05, 3.63) is 0 Å². The zero-order valence-electron chi connectivity index (χ0n) is 13.2. The third kappa shape index (κ3) is 6.20. The molecule has 0 aromatic heterocycles. The van der Waals surface area contributed by atoms with E-state index in [2.05, 4.69) is 24.1 Å². The fraction of sp³-hybridized carbons (Fsp3) is 0.933. The number of nitrogens with two attached hydrogens (primary N) is 1. The Balaban J connectivity index is 2.45. The molecule has 2 atom stereocenters. The second kappa shape index (κ2) is 9.32. The Morgan fingerprint density at radius 2 is 2.00 bits per heavy atom. The first-order valence-corrected chi connectivity index (χ1v) is 7.89. The highest BCUT2D eigenvalue weighted by Gasteiger charge is 2.23. The Labute approximate surface area is 123 Å². The molecular weight excluding hydrogens is 254 g/mol. The summed E-state index contributed by atoms with van der Waals surface area (Å²) in [6, 6.07) is 0.0149. The van der Waals surface area contributed by atoms with Gasteiger partial charge in [-0.05, 0) is 18.8 Å². The molecule has 1 heterocycles. The molecule has 1 rings (SSSR count). The summed E-state index contributed by atoms with van der Waals surface area (Å²) in [5.74, 6) is 0.595. The predicted octanol–water partition coefficient (Wildman–Crippen LogP) is 0.977. The number of hydrogen-bond donors (Lipinski definition) is 2. The van der Waals surface area contributed by atoms with Crippen LogP contribution in [0.4, 0.5) is 0 Å². The number of nitrogens with zero attached hydrogens (tertiary/aromatic N) is 1. The smallest absolute Gasteiger partial charge is 0.236 e. The molecule has 0 saturated carbocycles. The molecule has 0 aliphatic carbocycles. The van der Waals surface area contributed by atoms with Gasteiger partial charge in [0.05, 0.1) is 19.3 Å². The Kier molecular flexibility index (Phi) is 8.11. The van der Waals surface area contributed by atoms with Crippen LogP contribution in [0.15, 0.2) is 0 Å². The van der Waals surface area contributed by atoms with Crippen LogP contribution in [0.2, 0.25) is 0 Å². The third-order valence-electron chi connectivity index (χ3n) is 3.75. The molecule has 0 radical (unpaired) electrons. The number of hydrogen-bond acceptors (Lipinski definition) is 4. The Morgan fingerprint density at radius 3 is 2.55 bits per heavy atom. The van der Waals surface area contributed by atoms with Crippen molar-refractivity contribution in [2.75, 3.05) is 32.8 Å². The van der Waals surface area contributed by atoms with Crippen molar-refractivity contribution >= 4 is 5.91 Å². The quantitative estimate of drug-likeness (QED) is 0.697. The largest absolute Gasteiger partial charge is 0.379 e. The van der Waals surface area contributed by atoms with Crippen LogP contribution >= 0.6 is 0 Å². The van der Waals surface area contributed by atoms with Crippen LogP contribution < -0.4 is 11.1 Å². The van der Waals surface area contributed by atoms with E-state index in [4.69, 9.17) is 10.5 Å². The van der Waals surface area contributed by atoms with Gasteiger partial charge in [0, 0.05) is 25.7 Å². The van der Waals surface area contributed by atoms with Crippen molar-refractivity contribution in [2.45, 2.75) is 52.1 Å². The van der Waals surface area contributed by atoms with Gasteiger partial charge in [-0.15, -0.1) is 0 Å². The molecule has 20 heavy (non-hydrogen) atoms. The van der Waals surface area contributed by atoms with Gasteiger partial charge < -0.3 is 15.8 Å². The maximum atomic E-state index is 11.9. The van der Waals surface area contributed by atoms with E-state index in [0.717, 1.165) is 45.6 Å². The summed E-state index contributed by atoms with van der Waals surface area (Å²) in [7, 11) is 0. The van der Waals surface area contributed by atoms with Gasteiger partial charge in [0.1, 0.15) is 0 Å². The van der Waals surface area contributed by atoms with Crippen molar-refractivity contribution in [1.29, 1.82) is 0 Å². The van der Waals surface area contributed by atoms with Crippen LogP contribution in [0.1, 0.15) is 40.0 Å². The first-order valence-electron chi connectivity index (χ1n) is 7.89. The van der Waals surface area contributed by atoms with Crippen LogP contribution in [0.3, 0.4) is 0 Å². The first-order chi connectivity index (χ1) is 9.54. The lowest BCUT2D eigenvalue weighted by molar-refractivity contribution is -0.122. The zero-order chi connectivity index (χ0) is 15.0. The molecule has 1 unspecified atom stereocenters. The van der Waals surface area contributed by atoms with Gasteiger partial charge in [-0.3, -0.25) is 9.69 Å². The van der Waals surface area contributed by atoms with E-state index in [1.807, 2.05) is 6.92 Å². The van der Waals surface area contributed by atoms with E-state index < -0.39 is 0 Å². The van der Waals surface area contributed by atoms with Crippen molar-refractivity contribution < 1.29 is 9.53 Å². The molecule has 0 aromatic carbocycles. The molecule has 1 aliphatic heterocycles. The van der Waals surface area contributed by atoms with Crippen molar-refractivity contribution in [2.24, 2.45) is 11.7 Å². The normalized spacial score (nSPS) is 19.9. The first kappa shape index (κ1) is 17.4. The number of nitrogens with one attached hydrogen (secondary N) is 1. The van der Waals surface area contributed by atoms with Crippen LogP contribution in [0.25, 0.3) is 0 Å². The van der Waals surface area contributed by atoms with Crippen molar-refractivity contribution in [3.63, 3.8) is 0 Å². The fourth-order valence-corrected chi connectivity index (χ4v) is 2.64. The summed E-state index contributed by atoms with van der Waals surface area (Å²) in [6.45, 7) is 10.7. The minimum Gasteiger partial charge on any atom is -0.379 e. The highest BCUT2D eigenvalue weighted by molar-refractivity contribution is 5.81. The summed E-state index contributed by atoms with van der Waals surface area (Å²) in [5.41, 5.74) is 5.85. The number of morpholine rings is 1. The van der Waals surface area contributed by atoms with Crippen LogP contribution in [-0.4, -0.2) is 55.7 Å². The van der Waals surface area contributed by atoms with E-state index in [1.165, 1.54) is 0 Å². The molecule has 0 bridgehead atoms. The van der Waals surface area contributed by atoms with Crippen LogP contribution in [-0.2, 0) is 9.53 Å². The SMILES string of the molecule is CCC[C@H](N)C(=O)NCC(CC(C)C)N1CCOCC1. The summed E-state index contributed by atoms with van der Waals surface area (Å²) in [5, 5.41) is 3.02. The van der Waals surface area contributed by atoms with Crippen molar-refractivity contribution in [3.8, 4) is 0 Å². The second-order valence-electron chi connectivity index (χ2n) is 6.07. The maximum Gasteiger partial charge on any atom is 0.236 e. The monoisotopic (exact) mass is 285 g/mol. The number of amides is 1. The summed E-state index contributed by atoms with van der Waals surface area (Å²) >= 11 is 0. The standard InChI is InChI=1S/C15H31N3O2/c1-4-5-14(16)15(19)17-11-13(10-12(2)3)18-6-8-20-9-7-18/h12-14H,4-11,16H2,1-3H3,(H,17,19)/t13?,14-/m0/s1. The second-order valence-corrected chi connectivity index (χ2v) is 6.07. The lowest BCUT2D eigenvalue weighted by Crippen LogP contribution is -2.51. The third-order valence-corrected chi connectivity index (χ3v) is 3.75. The molecule has 1 fully saturated rings. The minimum atomic E-state index is -0.371. The van der Waals surface area contributed by atoms with Gasteiger partial charge in [0.2, 0.25) is 5.91 Å². The van der Waals surface area contributed by atoms with Gasteiger partial charge in [-0.25, -0.2) is 0 Å². The molecule has 1 aliphatic rings. The van der Waals surface area contributed by atoms with Gasteiger partial charge >= 0.3 is 0 Å². The predicted molar refractivity (Wildman–Crippen MR) is 81.5 cm³/mol. The lowest BCUT2D eigenvalue weighted by atomic mass is 10.0. The molecule has 3 N–H and O–H groups in total. The molecule has 0 spiro atoms. The van der Waals surface area contributed by atoms with E-state index in [1.54, 1.807) is 0 Å². The fourth-order valence-electron chi connectivity index (χ4n) is 2.64. The van der Waals surface area contributed by atoms with Gasteiger partial charge in [-0.1, -0.05) is 27.2 Å². The number of ether oxygens (including phenoxy) is 1. The van der Waals surface area contributed by atoms with E-state index in [-0.39, 0.29) is 11.9 Å². The number of rotatable bonds is 8. The Hall–Kier alpha value is -0.650. The topological polar surface area (TPSA) is 67.6 Å². The summed E-state index contributed by atoms with van der Waals surface area (Å²) < 4.78 is 5.40. The van der Waals surface area contributed by atoms with Crippen LogP contribution in [0, 0.1) is 5.92 Å². The van der Waals surface area contributed by atoms with Gasteiger partial charge in [0.25, 0.3) is 0 Å². The van der Waals surface area contributed by atoms with E-state index in [0.29, 0.717) is 18.5 Å². The van der Waals surface area contributed by atoms with E-state index in [9.17, 15) is 4.79 Å². The Morgan fingerprint density at radius 1 is 1.35 bits per heavy atom. The Bertz CT molecular complexity index is 278. The molecule has 1 amide bonds. The number of carbonyl (C=O) groups is 1. The minimum absolute atomic E-state index is 0.0196. The van der Waals surface area contributed by atoms with Crippen LogP contribution in [0.5, 0.6) is 0 Å². The highest BCUT2D eigenvalue weighted by atomic mass is 16.5. The average Bonchev–Trinajstić information content (AvgIpc) is 2.44. The average molecular weight is 285 g/mol. The maximum absolute atomic E-state index is 11.9. The molecule has 5 nitrogen and oxygen atoms in total. The number of carbonyl (C=O) groups excluding carboxylic acids is 1. The zero-order valence-corrected chi connectivity index (χ0v) is 13.2. The molecular formula is C15H31N3O2.